The van der Waals surface area contributed by atoms with Crippen LogP contribution in [0, 0.1) is 0 Å². The second-order valence-corrected chi connectivity index (χ2v) is 8.77. The van der Waals surface area contributed by atoms with Crippen LogP contribution in [0.3, 0.4) is 0 Å². The number of hydrogen-bond donors (Lipinski definition) is 0. The van der Waals surface area contributed by atoms with Crippen molar-refractivity contribution in [2.75, 3.05) is 13.2 Å². The first-order valence-electron chi connectivity index (χ1n) is 11.0. The predicted molar refractivity (Wildman–Crippen MR) is 126 cm³/mol. The maximum Gasteiger partial charge on any atom is 0.341 e. The minimum atomic E-state index is -0.666. The van der Waals surface area contributed by atoms with Gasteiger partial charge in [0.05, 0.1) is 29.5 Å². The van der Waals surface area contributed by atoms with E-state index in [0.717, 1.165) is 12.8 Å². The smallest absolute Gasteiger partial charge is 0.341 e. The minimum absolute atomic E-state index is 0.0343. The Labute approximate surface area is 197 Å². The van der Waals surface area contributed by atoms with Gasteiger partial charge < -0.3 is 14.0 Å². The van der Waals surface area contributed by atoms with Gasteiger partial charge in [0, 0.05) is 12.8 Å². The zero-order chi connectivity index (χ0) is 23.7. The largest absolute Gasteiger partial charge is 0.462 e. The summed E-state index contributed by atoms with van der Waals surface area (Å²) in [5, 5.41) is 2.01. The molecule has 9 nitrogen and oxygen atoms in total. The Bertz CT molecular complexity index is 1510. The molecule has 4 aromatic rings. The number of amides is 1. The maximum absolute atomic E-state index is 13.4. The van der Waals surface area contributed by atoms with E-state index in [1.54, 1.807) is 53.4 Å². The molecule has 1 atom stereocenters. The monoisotopic (exact) mass is 478 g/mol. The number of esters is 1. The number of aromatic nitrogens is 3. The summed E-state index contributed by atoms with van der Waals surface area (Å²) in [6, 6.07) is 10.1. The van der Waals surface area contributed by atoms with E-state index in [1.165, 1.54) is 21.8 Å². The highest BCUT2D eigenvalue weighted by molar-refractivity contribution is 7.12. The summed E-state index contributed by atoms with van der Waals surface area (Å²) in [6.07, 6.45) is 3.17. The number of fused-ring (bicyclic) bond motifs is 2. The Balaban J connectivity index is 1.87. The lowest BCUT2D eigenvalue weighted by atomic mass is 10.2. The molecule has 174 valence electrons. The summed E-state index contributed by atoms with van der Waals surface area (Å²) >= 11 is 1.26. The van der Waals surface area contributed by atoms with Crippen molar-refractivity contribution in [2.45, 2.75) is 32.4 Å². The molecule has 4 aromatic heterocycles. The second-order valence-electron chi connectivity index (χ2n) is 7.83. The van der Waals surface area contributed by atoms with Gasteiger partial charge in [-0.1, -0.05) is 12.1 Å². The van der Waals surface area contributed by atoms with Crippen LogP contribution in [0.4, 0.5) is 0 Å². The highest BCUT2D eigenvalue weighted by Crippen LogP contribution is 2.18. The first kappa shape index (κ1) is 22.2. The fourth-order valence-electron chi connectivity index (χ4n) is 4.07. The lowest BCUT2D eigenvalue weighted by molar-refractivity contribution is 0.0521. The number of carbonyl (C=O) groups is 2. The van der Waals surface area contributed by atoms with E-state index in [9.17, 15) is 14.4 Å². The Morgan fingerprint density at radius 3 is 2.91 bits per heavy atom. The first-order chi connectivity index (χ1) is 16.6. The number of rotatable bonds is 5. The Morgan fingerprint density at radius 1 is 1.29 bits per heavy atom. The van der Waals surface area contributed by atoms with Crippen LogP contribution in [0.15, 0.2) is 57.8 Å². The van der Waals surface area contributed by atoms with Crippen LogP contribution in [-0.2, 0) is 16.0 Å². The van der Waals surface area contributed by atoms with E-state index in [-0.39, 0.29) is 41.3 Å². The molecule has 1 fully saturated rings. The highest BCUT2D eigenvalue weighted by Gasteiger charge is 2.24. The van der Waals surface area contributed by atoms with Crippen molar-refractivity contribution in [1.82, 2.24) is 14.0 Å². The van der Waals surface area contributed by atoms with E-state index in [0.29, 0.717) is 22.8 Å². The van der Waals surface area contributed by atoms with Crippen molar-refractivity contribution in [3.05, 3.63) is 74.3 Å². The van der Waals surface area contributed by atoms with Gasteiger partial charge in [-0.25, -0.2) is 9.78 Å². The van der Waals surface area contributed by atoms with Gasteiger partial charge in [-0.05, 0) is 49.4 Å². The SMILES string of the molecule is CCOC(=O)c1cc2c(=O)n3ccccc3nc2n(C[C@H]2CCCO2)c1=NC(=O)c1cccs1. The minimum Gasteiger partial charge on any atom is -0.462 e. The summed E-state index contributed by atoms with van der Waals surface area (Å²) < 4.78 is 14.2. The average Bonchev–Trinajstić information content (AvgIpc) is 3.55. The van der Waals surface area contributed by atoms with Crippen molar-refractivity contribution >= 4 is 39.9 Å². The van der Waals surface area contributed by atoms with Gasteiger partial charge in [0.1, 0.15) is 16.9 Å². The van der Waals surface area contributed by atoms with Gasteiger partial charge in [-0.3, -0.25) is 14.0 Å². The summed E-state index contributed by atoms with van der Waals surface area (Å²) in [5.74, 6) is -1.15. The van der Waals surface area contributed by atoms with Gasteiger partial charge in [0.2, 0.25) is 0 Å². The van der Waals surface area contributed by atoms with Crippen LogP contribution < -0.4 is 11.0 Å². The number of pyridine rings is 2. The summed E-state index contributed by atoms with van der Waals surface area (Å²) in [6.45, 7) is 2.74. The number of hydrogen-bond acceptors (Lipinski definition) is 7. The fraction of sp³-hybridized carbons (Fsp3) is 0.292. The standard InChI is InChI=1S/C24H22N4O5S/c1-2-32-24(31)17-13-16-20(25-19-9-3-4-10-27(19)23(16)30)28(14-15-7-5-11-33-15)21(17)26-22(29)18-8-6-12-34-18/h3-4,6,8-10,12-13,15H,2,5,7,11,14H2,1H3/t15-/m1/s1. The maximum atomic E-state index is 13.4. The van der Waals surface area contributed by atoms with Crippen molar-refractivity contribution in [3.63, 3.8) is 0 Å². The van der Waals surface area contributed by atoms with Crippen molar-refractivity contribution < 1.29 is 19.1 Å². The molecule has 0 N–H and O–H groups in total. The molecule has 1 saturated heterocycles. The second kappa shape index (κ2) is 9.32. The molecular weight excluding hydrogens is 456 g/mol. The third kappa shape index (κ3) is 4.06. The zero-order valence-electron chi connectivity index (χ0n) is 18.5. The Kier molecular flexibility index (Phi) is 6.08. The molecule has 1 aliphatic heterocycles. The van der Waals surface area contributed by atoms with Crippen molar-refractivity contribution in [3.8, 4) is 0 Å². The first-order valence-corrected chi connectivity index (χ1v) is 11.9. The van der Waals surface area contributed by atoms with Crippen LogP contribution in [0.2, 0.25) is 0 Å². The molecule has 0 aromatic carbocycles. The third-order valence-electron chi connectivity index (χ3n) is 5.63. The lowest BCUT2D eigenvalue weighted by Crippen LogP contribution is -2.35. The third-order valence-corrected chi connectivity index (χ3v) is 6.49. The molecule has 0 spiro atoms. The molecule has 0 unspecified atom stereocenters. The van der Waals surface area contributed by atoms with Gasteiger partial charge >= 0.3 is 5.97 Å². The highest BCUT2D eigenvalue weighted by atomic mass is 32.1. The normalized spacial score (nSPS) is 16.4. The van der Waals surface area contributed by atoms with Gasteiger partial charge in [-0.15, -0.1) is 11.3 Å². The number of ether oxygens (including phenoxy) is 2. The predicted octanol–water partition coefficient (Wildman–Crippen LogP) is 2.81. The lowest BCUT2D eigenvalue weighted by Gasteiger charge is -2.17. The Hall–Kier alpha value is -3.63. The van der Waals surface area contributed by atoms with Crippen LogP contribution in [0.1, 0.15) is 39.8 Å². The molecule has 0 saturated carbocycles. The van der Waals surface area contributed by atoms with Crippen molar-refractivity contribution in [2.24, 2.45) is 4.99 Å². The number of carbonyl (C=O) groups excluding carboxylic acids is 2. The van der Waals surface area contributed by atoms with Crippen LogP contribution in [-0.4, -0.2) is 45.1 Å². The molecule has 0 radical (unpaired) electrons. The molecule has 5 heterocycles. The molecule has 10 heteroatoms. The van der Waals surface area contributed by atoms with E-state index in [1.807, 2.05) is 0 Å². The zero-order valence-corrected chi connectivity index (χ0v) is 19.3. The van der Waals surface area contributed by atoms with E-state index < -0.39 is 11.9 Å². The number of thiophene rings is 1. The van der Waals surface area contributed by atoms with Gasteiger partial charge in [0.25, 0.3) is 11.5 Å². The van der Waals surface area contributed by atoms with Gasteiger partial charge in [-0.2, -0.15) is 4.99 Å². The molecule has 0 bridgehead atoms. The quantitative estimate of drug-likeness (QED) is 0.323. The van der Waals surface area contributed by atoms with E-state index in [4.69, 9.17) is 14.5 Å². The summed E-state index contributed by atoms with van der Waals surface area (Å²) in [4.78, 5) is 48.8. The van der Waals surface area contributed by atoms with Crippen LogP contribution >= 0.6 is 11.3 Å². The molecular formula is C24H22N4O5S. The summed E-state index contributed by atoms with van der Waals surface area (Å²) in [7, 11) is 0. The fourth-order valence-corrected chi connectivity index (χ4v) is 4.68. The van der Waals surface area contributed by atoms with Crippen LogP contribution in [0.5, 0.6) is 0 Å². The van der Waals surface area contributed by atoms with E-state index in [2.05, 4.69) is 4.99 Å². The molecule has 5 rings (SSSR count). The number of nitrogens with zero attached hydrogens (tertiary/aromatic N) is 4. The average molecular weight is 479 g/mol. The van der Waals surface area contributed by atoms with E-state index >= 15 is 0 Å². The topological polar surface area (TPSA) is 104 Å². The molecule has 1 amide bonds. The molecule has 1 aliphatic rings. The van der Waals surface area contributed by atoms with Crippen LogP contribution in [0.25, 0.3) is 16.7 Å². The summed E-state index contributed by atoms with van der Waals surface area (Å²) in [5.41, 5.74) is 0.584. The molecule has 34 heavy (non-hydrogen) atoms. The van der Waals surface area contributed by atoms with Crippen molar-refractivity contribution in [1.29, 1.82) is 0 Å². The van der Waals surface area contributed by atoms with Gasteiger partial charge in [0.15, 0.2) is 5.49 Å². The Morgan fingerprint density at radius 2 is 2.18 bits per heavy atom. The molecule has 0 aliphatic carbocycles.